The molecule has 2 aliphatic heterocycles. The van der Waals surface area contributed by atoms with Crippen LogP contribution in [0.15, 0.2) is 72.8 Å². The highest BCUT2D eigenvalue weighted by atomic mass is 35.5. The van der Waals surface area contributed by atoms with Gasteiger partial charge in [-0.15, -0.1) is 0 Å². The zero-order chi connectivity index (χ0) is 30.2. The maximum absolute atomic E-state index is 14.0. The largest absolute Gasteiger partial charge is 0.379 e. The lowest BCUT2D eigenvalue weighted by Crippen LogP contribution is -2.55. The highest BCUT2D eigenvalue weighted by Gasteiger charge is 2.48. The summed E-state index contributed by atoms with van der Waals surface area (Å²) in [6, 6.07) is 23.5. The molecular formula is C33H36ClN7O2. The summed E-state index contributed by atoms with van der Waals surface area (Å²) in [5.74, 6) is 1.09. The molecule has 0 saturated carbocycles. The van der Waals surface area contributed by atoms with E-state index < -0.39 is 11.0 Å². The summed E-state index contributed by atoms with van der Waals surface area (Å²) < 4.78 is 5.46. The third kappa shape index (κ3) is 5.93. The van der Waals surface area contributed by atoms with Gasteiger partial charge in [-0.05, 0) is 73.9 Å². The van der Waals surface area contributed by atoms with E-state index in [0.717, 1.165) is 35.6 Å². The van der Waals surface area contributed by atoms with Crippen molar-refractivity contribution in [2.45, 2.75) is 44.7 Å². The number of nitrogen functional groups attached to an aromatic ring is 1. The number of halogens is 1. The Kier molecular flexibility index (Phi) is 7.81. The quantitative estimate of drug-likeness (QED) is 0.286. The summed E-state index contributed by atoms with van der Waals surface area (Å²) in [7, 11) is 0. The maximum Gasteiger partial charge on any atom is 0.258 e. The Balaban J connectivity index is 1.41. The maximum atomic E-state index is 14.0. The van der Waals surface area contributed by atoms with Gasteiger partial charge in [0.05, 0.1) is 19.8 Å². The number of amides is 1. The van der Waals surface area contributed by atoms with Crippen LogP contribution in [0, 0.1) is 0 Å². The summed E-state index contributed by atoms with van der Waals surface area (Å²) in [5, 5.41) is 4.04. The molecule has 10 heteroatoms. The number of hydrogen-bond acceptors (Lipinski definition) is 8. The second kappa shape index (κ2) is 11.6. The average Bonchev–Trinajstić information content (AvgIpc) is 2.98. The van der Waals surface area contributed by atoms with Crippen LogP contribution in [0.25, 0.3) is 0 Å². The molecule has 1 amide bonds. The summed E-state index contributed by atoms with van der Waals surface area (Å²) in [6.45, 7) is 10.1. The fourth-order valence-corrected chi connectivity index (χ4v) is 6.56. The molecule has 3 aromatic carbocycles. The second-order valence-electron chi connectivity index (χ2n) is 12.0. The zero-order valence-corrected chi connectivity index (χ0v) is 25.4. The molecule has 9 nitrogen and oxygen atoms in total. The molecule has 0 aliphatic carbocycles. The number of fused-ring (bicyclic) bond motifs is 1. The van der Waals surface area contributed by atoms with Crippen LogP contribution in [0.4, 0.5) is 23.3 Å². The smallest absolute Gasteiger partial charge is 0.258 e. The van der Waals surface area contributed by atoms with E-state index in [-0.39, 0.29) is 11.9 Å². The molecule has 0 spiro atoms. The van der Waals surface area contributed by atoms with Crippen molar-refractivity contribution >= 4 is 40.8 Å². The molecular weight excluding hydrogens is 562 g/mol. The summed E-state index contributed by atoms with van der Waals surface area (Å²) in [4.78, 5) is 31.6. The number of anilines is 4. The average molecular weight is 598 g/mol. The van der Waals surface area contributed by atoms with Crippen LogP contribution in [0.2, 0.25) is 5.02 Å². The lowest BCUT2D eigenvalue weighted by molar-refractivity contribution is 0.0331. The number of aromatic nitrogens is 3. The minimum absolute atomic E-state index is 0.0382. The van der Waals surface area contributed by atoms with Crippen LogP contribution in [0.5, 0.6) is 0 Å². The monoisotopic (exact) mass is 597 g/mol. The number of rotatable bonds is 6. The second-order valence-corrected chi connectivity index (χ2v) is 12.5. The number of nitrogens with zero attached hydrogens (tertiary/aromatic N) is 5. The van der Waals surface area contributed by atoms with Crippen LogP contribution in [-0.4, -0.2) is 57.6 Å². The topological polar surface area (TPSA) is 110 Å². The SMILES string of the molecule is CC1(c2ccc(Cl)cc2)CC(C)(C)N(C(=O)c2ccccc2)c2ccc(Nc3nc(N)nc(CN4CCOCC4)n3)cc21. The van der Waals surface area contributed by atoms with Gasteiger partial charge in [-0.2, -0.15) is 15.0 Å². The highest BCUT2D eigenvalue weighted by Crippen LogP contribution is 2.51. The van der Waals surface area contributed by atoms with Crippen molar-refractivity contribution in [3.05, 3.63) is 100 Å². The van der Waals surface area contributed by atoms with Crippen molar-refractivity contribution < 1.29 is 9.53 Å². The summed E-state index contributed by atoms with van der Waals surface area (Å²) in [6.07, 6.45) is 0.694. The van der Waals surface area contributed by atoms with Crippen LogP contribution in [-0.2, 0) is 16.7 Å². The fourth-order valence-electron chi connectivity index (χ4n) is 6.44. The normalized spacial score (nSPS) is 20.0. The molecule has 2 aliphatic rings. The third-order valence-corrected chi connectivity index (χ3v) is 8.60. The molecule has 222 valence electrons. The summed E-state index contributed by atoms with van der Waals surface area (Å²) in [5.41, 5.74) is 9.61. The number of morpholine rings is 1. The van der Waals surface area contributed by atoms with Crippen LogP contribution in [0.1, 0.15) is 54.5 Å². The van der Waals surface area contributed by atoms with Gasteiger partial charge in [-0.25, -0.2) is 0 Å². The first-order valence-corrected chi connectivity index (χ1v) is 14.9. The van der Waals surface area contributed by atoms with Gasteiger partial charge in [0.25, 0.3) is 5.91 Å². The Hall–Kier alpha value is -4.05. The van der Waals surface area contributed by atoms with Gasteiger partial charge >= 0.3 is 0 Å². The molecule has 0 radical (unpaired) electrons. The minimum Gasteiger partial charge on any atom is -0.379 e. The van der Waals surface area contributed by atoms with Crippen molar-refractivity contribution in [1.29, 1.82) is 0 Å². The van der Waals surface area contributed by atoms with Crippen molar-refractivity contribution in [1.82, 2.24) is 19.9 Å². The molecule has 3 N–H and O–H groups in total. The van der Waals surface area contributed by atoms with Crippen molar-refractivity contribution in [3.8, 4) is 0 Å². The van der Waals surface area contributed by atoms with E-state index in [0.29, 0.717) is 48.5 Å². The molecule has 1 fully saturated rings. The molecule has 6 rings (SSSR count). The molecule has 1 aromatic heterocycles. The number of nitrogens with two attached hydrogens (primary N) is 1. The Morgan fingerprint density at radius 2 is 1.70 bits per heavy atom. The predicted molar refractivity (Wildman–Crippen MR) is 170 cm³/mol. The first kappa shape index (κ1) is 29.0. The van der Waals surface area contributed by atoms with E-state index >= 15 is 0 Å². The molecule has 43 heavy (non-hydrogen) atoms. The first-order valence-electron chi connectivity index (χ1n) is 14.5. The van der Waals surface area contributed by atoms with Gasteiger partial charge in [0, 0.05) is 46.0 Å². The molecule has 3 heterocycles. The molecule has 1 atom stereocenters. The van der Waals surface area contributed by atoms with E-state index in [1.54, 1.807) is 0 Å². The number of hydrogen-bond donors (Lipinski definition) is 2. The first-order chi connectivity index (χ1) is 20.6. The Bertz CT molecular complexity index is 1620. The molecule has 0 bridgehead atoms. The number of carbonyl (C=O) groups is 1. The number of carbonyl (C=O) groups excluding carboxylic acids is 1. The van der Waals surface area contributed by atoms with Crippen molar-refractivity contribution in [3.63, 3.8) is 0 Å². The van der Waals surface area contributed by atoms with Crippen LogP contribution in [0.3, 0.4) is 0 Å². The van der Waals surface area contributed by atoms with Crippen LogP contribution < -0.4 is 16.0 Å². The summed E-state index contributed by atoms with van der Waals surface area (Å²) >= 11 is 6.29. The standard InChI is InChI=1S/C33H36ClN7O2/c1-32(2)21-33(3,23-9-11-24(34)12-10-23)26-19-25(13-14-27(26)41(32)29(42)22-7-5-4-6-8-22)36-31-38-28(37-30(35)39-31)20-40-15-17-43-18-16-40/h4-14,19H,15-18,20-21H2,1-3H3,(H3,35,36,37,38,39). The Labute approximate surface area is 257 Å². The Morgan fingerprint density at radius 3 is 2.42 bits per heavy atom. The number of ether oxygens (including phenoxy) is 1. The van der Waals surface area contributed by atoms with E-state index in [1.165, 1.54) is 0 Å². The zero-order valence-electron chi connectivity index (χ0n) is 24.7. The van der Waals surface area contributed by atoms with Crippen LogP contribution >= 0.6 is 11.6 Å². The highest BCUT2D eigenvalue weighted by molar-refractivity contribution is 6.30. The van der Waals surface area contributed by atoms with Gasteiger partial charge in [0.1, 0.15) is 5.82 Å². The van der Waals surface area contributed by atoms with Gasteiger partial charge in [-0.1, -0.05) is 48.9 Å². The van der Waals surface area contributed by atoms with E-state index in [4.69, 9.17) is 22.1 Å². The fraction of sp³-hybridized carbons (Fsp3) is 0.333. The Morgan fingerprint density at radius 1 is 0.977 bits per heavy atom. The van der Waals surface area contributed by atoms with Gasteiger partial charge in [-0.3, -0.25) is 9.69 Å². The van der Waals surface area contributed by atoms with E-state index in [2.05, 4.69) is 64.1 Å². The predicted octanol–water partition coefficient (Wildman–Crippen LogP) is 5.82. The number of nitrogens with one attached hydrogen (secondary N) is 1. The molecule has 4 aromatic rings. The van der Waals surface area contributed by atoms with Gasteiger partial charge in [0.15, 0.2) is 0 Å². The lowest BCUT2D eigenvalue weighted by Gasteiger charge is -2.51. The molecule has 1 saturated heterocycles. The van der Waals surface area contributed by atoms with Crippen molar-refractivity contribution in [2.24, 2.45) is 0 Å². The van der Waals surface area contributed by atoms with Crippen molar-refractivity contribution in [2.75, 3.05) is 42.3 Å². The van der Waals surface area contributed by atoms with Gasteiger partial charge < -0.3 is 20.7 Å². The third-order valence-electron chi connectivity index (χ3n) is 8.35. The van der Waals surface area contributed by atoms with Gasteiger partial charge in [0.2, 0.25) is 11.9 Å². The van der Waals surface area contributed by atoms with E-state index in [9.17, 15) is 4.79 Å². The minimum atomic E-state index is -0.486. The molecule has 1 unspecified atom stereocenters. The number of benzene rings is 3. The van der Waals surface area contributed by atoms with E-state index in [1.807, 2.05) is 59.5 Å². The lowest BCUT2D eigenvalue weighted by atomic mass is 9.65.